The van der Waals surface area contributed by atoms with Crippen LogP contribution in [-0.4, -0.2) is 44.5 Å². The Bertz CT molecular complexity index is 900. The number of carbonyl (C=O) groups is 2. The molecule has 0 spiro atoms. The van der Waals surface area contributed by atoms with Crippen LogP contribution in [0.2, 0.25) is 0 Å². The van der Waals surface area contributed by atoms with Gasteiger partial charge in [0.05, 0.1) is 6.04 Å². The van der Waals surface area contributed by atoms with Gasteiger partial charge >= 0.3 is 11.8 Å². The van der Waals surface area contributed by atoms with Crippen molar-refractivity contribution in [2.45, 2.75) is 38.8 Å². The number of amides is 2. The summed E-state index contributed by atoms with van der Waals surface area (Å²) in [6.45, 7) is 6.80. The van der Waals surface area contributed by atoms with Crippen LogP contribution in [0.15, 0.2) is 48.5 Å². The first-order chi connectivity index (χ1) is 14.2. The van der Waals surface area contributed by atoms with E-state index in [0.717, 1.165) is 24.2 Å². The summed E-state index contributed by atoms with van der Waals surface area (Å²) in [5, 5.41) is 5.56. The lowest BCUT2D eigenvalue weighted by Crippen LogP contribution is -2.49. The van der Waals surface area contributed by atoms with Crippen molar-refractivity contribution >= 4 is 23.2 Å². The highest BCUT2D eigenvalue weighted by Crippen LogP contribution is 2.35. The fourth-order valence-electron chi connectivity index (χ4n) is 3.76. The third-order valence-electron chi connectivity index (χ3n) is 5.24. The molecule has 2 N–H and O–H groups in total. The molecule has 160 valence electrons. The minimum Gasteiger partial charge on any atom is -0.378 e. The second-order valence-electron chi connectivity index (χ2n) is 8.99. The van der Waals surface area contributed by atoms with Crippen molar-refractivity contribution in [2.24, 2.45) is 0 Å². The zero-order chi connectivity index (χ0) is 21.9. The summed E-state index contributed by atoms with van der Waals surface area (Å²) in [5.74, 6) is -1.21. The highest BCUT2D eigenvalue weighted by molar-refractivity contribution is 6.35. The molecule has 2 amide bonds. The van der Waals surface area contributed by atoms with Crippen molar-refractivity contribution in [1.82, 2.24) is 10.6 Å². The van der Waals surface area contributed by atoms with E-state index in [2.05, 4.69) is 62.9 Å². The average molecular weight is 409 g/mol. The Morgan fingerprint density at radius 1 is 1.03 bits per heavy atom. The lowest BCUT2D eigenvalue weighted by molar-refractivity contribution is -0.140. The molecule has 1 heterocycles. The van der Waals surface area contributed by atoms with Gasteiger partial charge in [0.1, 0.15) is 0 Å². The van der Waals surface area contributed by atoms with E-state index in [0.29, 0.717) is 6.54 Å². The van der Waals surface area contributed by atoms with Crippen molar-refractivity contribution in [3.63, 3.8) is 0 Å². The van der Waals surface area contributed by atoms with Crippen molar-refractivity contribution in [2.75, 3.05) is 37.0 Å². The van der Waals surface area contributed by atoms with Gasteiger partial charge in [-0.2, -0.15) is 0 Å². The lowest BCUT2D eigenvalue weighted by atomic mass is 10.0. The van der Waals surface area contributed by atoms with Gasteiger partial charge in [-0.25, -0.2) is 0 Å². The number of fused-ring (bicyclic) bond motifs is 1. The number of nitrogens with one attached hydrogen (secondary N) is 2. The van der Waals surface area contributed by atoms with Crippen LogP contribution in [-0.2, 0) is 16.0 Å². The summed E-state index contributed by atoms with van der Waals surface area (Å²) in [6, 6.07) is 16.7. The minimum atomic E-state index is -0.606. The molecule has 0 bridgehead atoms. The fraction of sp³-hybridized carbons (Fsp3) is 0.417. The van der Waals surface area contributed by atoms with E-state index < -0.39 is 17.4 Å². The quantitative estimate of drug-likeness (QED) is 0.747. The van der Waals surface area contributed by atoms with E-state index in [9.17, 15) is 9.59 Å². The van der Waals surface area contributed by atoms with Crippen LogP contribution in [0, 0.1) is 0 Å². The molecule has 6 heteroatoms. The summed E-state index contributed by atoms with van der Waals surface area (Å²) >= 11 is 0. The Hall–Kier alpha value is -3.02. The fourth-order valence-corrected chi connectivity index (χ4v) is 3.76. The number of carbonyl (C=O) groups excluding carboxylic acids is 2. The van der Waals surface area contributed by atoms with Crippen molar-refractivity contribution < 1.29 is 9.59 Å². The maximum Gasteiger partial charge on any atom is 0.309 e. The first-order valence-corrected chi connectivity index (χ1v) is 10.4. The summed E-state index contributed by atoms with van der Waals surface area (Å²) in [7, 11) is 4.02. The summed E-state index contributed by atoms with van der Waals surface area (Å²) < 4.78 is 0. The van der Waals surface area contributed by atoms with E-state index in [-0.39, 0.29) is 6.04 Å². The molecule has 1 aliphatic rings. The monoisotopic (exact) mass is 408 g/mol. The molecule has 0 saturated heterocycles. The third-order valence-corrected chi connectivity index (χ3v) is 5.24. The first-order valence-electron chi connectivity index (χ1n) is 10.4. The highest BCUT2D eigenvalue weighted by Gasteiger charge is 2.28. The van der Waals surface area contributed by atoms with Crippen LogP contribution in [0.3, 0.4) is 0 Å². The lowest BCUT2D eigenvalue weighted by Gasteiger charge is -2.31. The highest BCUT2D eigenvalue weighted by atomic mass is 16.2. The Balaban J connectivity index is 1.82. The van der Waals surface area contributed by atoms with Crippen molar-refractivity contribution in [3.8, 4) is 0 Å². The summed E-state index contributed by atoms with van der Waals surface area (Å²) in [5.41, 5.74) is 4.27. The van der Waals surface area contributed by atoms with Gasteiger partial charge in [-0.05, 0) is 56.5 Å². The van der Waals surface area contributed by atoms with Crippen LogP contribution in [0.5, 0.6) is 0 Å². The first kappa shape index (κ1) is 21.7. The maximum atomic E-state index is 12.4. The second kappa shape index (κ2) is 8.78. The molecule has 0 saturated carbocycles. The molecule has 6 nitrogen and oxygen atoms in total. The minimum absolute atomic E-state index is 0.0590. The number of hydrogen-bond acceptors (Lipinski definition) is 4. The zero-order valence-corrected chi connectivity index (χ0v) is 18.5. The third kappa shape index (κ3) is 5.12. The molecule has 2 aromatic rings. The molecule has 0 fully saturated rings. The largest absolute Gasteiger partial charge is 0.378 e. The van der Waals surface area contributed by atoms with E-state index in [1.807, 2.05) is 40.9 Å². The second-order valence-corrected chi connectivity index (χ2v) is 8.99. The molecule has 0 aromatic heterocycles. The molecule has 0 radical (unpaired) electrons. The Kier molecular flexibility index (Phi) is 6.34. The van der Waals surface area contributed by atoms with Crippen molar-refractivity contribution in [1.29, 1.82) is 0 Å². The SMILES string of the molecule is CN(C)c1ccc(C(CNC(=O)C(=O)NC(C)(C)C)N2CCc3ccccc32)cc1. The van der Waals surface area contributed by atoms with Crippen LogP contribution >= 0.6 is 0 Å². The van der Waals surface area contributed by atoms with Gasteiger partial charge in [-0.1, -0.05) is 30.3 Å². The maximum absolute atomic E-state index is 12.4. The molecule has 3 rings (SSSR count). The smallest absolute Gasteiger partial charge is 0.309 e. The predicted octanol–water partition coefficient (Wildman–Crippen LogP) is 2.89. The number of benzene rings is 2. The summed E-state index contributed by atoms with van der Waals surface area (Å²) in [4.78, 5) is 29.0. The molecule has 30 heavy (non-hydrogen) atoms. The van der Waals surface area contributed by atoms with E-state index in [4.69, 9.17) is 0 Å². The number of rotatable bonds is 5. The van der Waals surface area contributed by atoms with Gasteiger partial charge in [-0.15, -0.1) is 0 Å². The molecular formula is C24H32N4O2. The zero-order valence-electron chi connectivity index (χ0n) is 18.5. The molecule has 2 aromatic carbocycles. The predicted molar refractivity (Wildman–Crippen MR) is 122 cm³/mol. The van der Waals surface area contributed by atoms with Crippen LogP contribution in [0.4, 0.5) is 11.4 Å². The van der Waals surface area contributed by atoms with Gasteiger partial charge in [-0.3, -0.25) is 9.59 Å². The Morgan fingerprint density at radius 3 is 2.33 bits per heavy atom. The molecule has 1 aliphatic heterocycles. The topological polar surface area (TPSA) is 64.7 Å². The van der Waals surface area contributed by atoms with E-state index >= 15 is 0 Å². The molecular weight excluding hydrogens is 376 g/mol. The van der Waals surface area contributed by atoms with Crippen LogP contribution < -0.4 is 20.4 Å². The standard InChI is InChI=1S/C24H32N4O2/c1-24(2,3)26-23(30)22(29)25-16-21(18-10-12-19(13-11-18)27(4)5)28-15-14-17-8-6-7-9-20(17)28/h6-13,21H,14-16H2,1-5H3,(H,25,29)(H,26,30). The Labute approximate surface area is 179 Å². The Morgan fingerprint density at radius 2 is 1.70 bits per heavy atom. The van der Waals surface area contributed by atoms with E-state index in [1.165, 1.54) is 11.3 Å². The van der Waals surface area contributed by atoms with Gasteiger partial charge in [0.25, 0.3) is 0 Å². The van der Waals surface area contributed by atoms with Gasteiger partial charge in [0, 0.05) is 44.1 Å². The van der Waals surface area contributed by atoms with Crippen LogP contribution in [0.25, 0.3) is 0 Å². The van der Waals surface area contributed by atoms with Gasteiger partial charge in [0.15, 0.2) is 0 Å². The molecule has 0 aliphatic carbocycles. The summed E-state index contributed by atoms with van der Waals surface area (Å²) in [6.07, 6.45) is 0.973. The van der Waals surface area contributed by atoms with Gasteiger partial charge < -0.3 is 20.4 Å². The van der Waals surface area contributed by atoms with E-state index in [1.54, 1.807) is 0 Å². The van der Waals surface area contributed by atoms with Crippen molar-refractivity contribution in [3.05, 3.63) is 59.7 Å². The number of hydrogen-bond donors (Lipinski definition) is 2. The normalized spacial score (nSPS) is 14.1. The molecule has 1 unspecified atom stereocenters. The number of para-hydroxylation sites is 1. The molecule has 1 atom stereocenters. The number of anilines is 2. The van der Waals surface area contributed by atoms with Gasteiger partial charge in [0.2, 0.25) is 0 Å². The average Bonchev–Trinajstić information content (AvgIpc) is 3.11. The van der Waals surface area contributed by atoms with Crippen LogP contribution in [0.1, 0.15) is 37.9 Å². The number of nitrogens with zero attached hydrogens (tertiary/aromatic N) is 2.